The van der Waals surface area contributed by atoms with Crippen LogP contribution < -0.4 is 11.1 Å². The highest BCUT2D eigenvalue weighted by atomic mass is 16.1. The van der Waals surface area contributed by atoms with Crippen molar-refractivity contribution in [1.29, 1.82) is 0 Å². The number of carbonyl (C=O) groups excluding carboxylic acids is 1. The molecule has 3 N–H and O–H groups in total. The van der Waals surface area contributed by atoms with Crippen molar-refractivity contribution in [3.8, 4) is 0 Å². The lowest BCUT2D eigenvalue weighted by Gasteiger charge is -2.18. The van der Waals surface area contributed by atoms with Crippen LogP contribution in [0, 0.1) is 5.92 Å². The number of rotatable bonds is 9. The average Bonchev–Trinajstić information content (AvgIpc) is 2.53. The molecule has 0 saturated carbocycles. The van der Waals surface area contributed by atoms with E-state index in [-0.39, 0.29) is 11.8 Å². The maximum atomic E-state index is 11.9. The Balaban J connectivity index is 2.49. The first-order valence-electron chi connectivity index (χ1n) is 7.92. The molecule has 1 aromatic rings. The first kappa shape index (κ1) is 17.7. The molecule has 0 radical (unpaired) electrons. The third kappa shape index (κ3) is 5.86. The van der Waals surface area contributed by atoms with Gasteiger partial charge in [0.15, 0.2) is 0 Å². The molecule has 0 aromatic heterocycles. The van der Waals surface area contributed by atoms with Crippen LogP contribution in [0.3, 0.4) is 0 Å². The van der Waals surface area contributed by atoms with Crippen molar-refractivity contribution in [1.82, 2.24) is 10.2 Å². The maximum Gasteiger partial charge on any atom is 0.224 e. The van der Waals surface area contributed by atoms with E-state index in [0.717, 1.165) is 31.6 Å². The van der Waals surface area contributed by atoms with Gasteiger partial charge in [-0.05, 0) is 30.6 Å². The number of carbonyl (C=O) groups is 1. The highest BCUT2D eigenvalue weighted by Gasteiger charge is 2.13. The number of benzene rings is 1. The number of nitrogens with two attached hydrogens (primary N) is 1. The zero-order valence-electron chi connectivity index (χ0n) is 13.6. The Morgan fingerprint density at radius 3 is 2.19 bits per heavy atom. The summed E-state index contributed by atoms with van der Waals surface area (Å²) < 4.78 is 0. The predicted octanol–water partition coefficient (Wildman–Crippen LogP) is 2.13. The zero-order chi connectivity index (χ0) is 15.7. The summed E-state index contributed by atoms with van der Waals surface area (Å²) in [5, 5.41) is 2.95. The molecule has 0 aliphatic heterocycles. The van der Waals surface area contributed by atoms with Gasteiger partial charge in [0, 0.05) is 25.6 Å². The summed E-state index contributed by atoms with van der Waals surface area (Å²) in [6, 6.07) is 8.45. The fourth-order valence-electron chi connectivity index (χ4n) is 2.26. The van der Waals surface area contributed by atoms with Crippen LogP contribution in [-0.2, 0) is 17.9 Å². The Morgan fingerprint density at radius 2 is 1.71 bits per heavy atom. The van der Waals surface area contributed by atoms with Crippen LogP contribution >= 0.6 is 0 Å². The highest BCUT2D eigenvalue weighted by molar-refractivity contribution is 5.78. The molecular formula is C17H29N3O. The smallest absolute Gasteiger partial charge is 0.224 e. The largest absolute Gasteiger partial charge is 0.352 e. The maximum absolute atomic E-state index is 11.9. The van der Waals surface area contributed by atoms with E-state index in [9.17, 15) is 4.79 Å². The van der Waals surface area contributed by atoms with E-state index in [2.05, 4.69) is 48.3 Å². The van der Waals surface area contributed by atoms with E-state index in [0.29, 0.717) is 13.1 Å². The van der Waals surface area contributed by atoms with Gasteiger partial charge in [-0.2, -0.15) is 0 Å². The van der Waals surface area contributed by atoms with Gasteiger partial charge in [-0.25, -0.2) is 0 Å². The van der Waals surface area contributed by atoms with Crippen LogP contribution in [0.5, 0.6) is 0 Å². The van der Waals surface area contributed by atoms with Crippen LogP contribution in [0.2, 0.25) is 0 Å². The summed E-state index contributed by atoms with van der Waals surface area (Å²) >= 11 is 0. The Kier molecular flexibility index (Phi) is 8.01. The van der Waals surface area contributed by atoms with Crippen molar-refractivity contribution < 1.29 is 4.79 Å². The first-order valence-corrected chi connectivity index (χ1v) is 7.92. The van der Waals surface area contributed by atoms with Gasteiger partial charge >= 0.3 is 0 Å². The van der Waals surface area contributed by atoms with E-state index in [1.54, 1.807) is 0 Å². The second-order valence-corrected chi connectivity index (χ2v) is 5.34. The van der Waals surface area contributed by atoms with Gasteiger partial charge in [0.2, 0.25) is 5.91 Å². The number of hydrogen-bond acceptors (Lipinski definition) is 3. The molecule has 1 rings (SSSR count). The van der Waals surface area contributed by atoms with Crippen LogP contribution in [0.15, 0.2) is 24.3 Å². The summed E-state index contributed by atoms with van der Waals surface area (Å²) in [7, 11) is 0. The van der Waals surface area contributed by atoms with E-state index in [1.165, 1.54) is 5.56 Å². The van der Waals surface area contributed by atoms with E-state index in [1.807, 2.05) is 6.92 Å². The van der Waals surface area contributed by atoms with Crippen LogP contribution in [-0.4, -0.2) is 30.4 Å². The van der Waals surface area contributed by atoms with Crippen molar-refractivity contribution in [3.63, 3.8) is 0 Å². The summed E-state index contributed by atoms with van der Waals surface area (Å²) in [5.41, 5.74) is 8.01. The van der Waals surface area contributed by atoms with Crippen molar-refractivity contribution in [3.05, 3.63) is 35.4 Å². The minimum atomic E-state index is -0.0769. The fraction of sp³-hybridized carbons (Fsp3) is 0.588. The number of nitrogens with zero attached hydrogens (tertiary/aromatic N) is 1. The molecule has 1 aromatic carbocycles. The van der Waals surface area contributed by atoms with Gasteiger partial charge < -0.3 is 11.1 Å². The molecular weight excluding hydrogens is 262 g/mol. The number of nitrogens with one attached hydrogen (secondary N) is 1. The molecule has 4 nitrogen and oxygen atoms in total. The van der Waals surface area contributed by atoms with E-state index in [4.69, 9.17) is 5.73 Å². The molecule has 0 fully saturated rings. The first-order chi connectivity index (χ1) is 10.1. The molecule has 0 aliphatic rings. The Labute approximate surface area is 128 Å². The van der Waals surface area contributed by atoms with Gasteiger partial charge in [-0.1, -0.05) is 45.0 Å². The van der Waals surface area contributed by atoms with E-state index >= 15 is 0 Å². The van der Waals surface area contributed by atoms with Crippen LogP contribution in [0.25, 0.3) is 0 Å². The monoisotopic (exact) mass is 291 g/mol. The number of amides is 1. The van der Waals surface area contributed by atoms with Gasteiger partial charge in [0.1, 0.15) is 0 Å². The summed E-state index contributed by atoms with van der Waals surface area (Å²) in [5.74, 6) is -0.0286. The molecule has 1 atom stereocenters. The Morgan fingerprint density at radius 1 is 1.14 bits per heavy atom. The summed E-state index contributed by atoms with van der Waals surface area (Å²) in [4.78, 5) is 14.2. The lowest BCUT2D eigenvalue weighted by Crippen LogP contribution is -2.34. The lowest BCUT2D eigenvalue weighted by molar-refractivity contribution is -0.124. The second-order valence-electron chi connectivity index (χ2n) is 5.34. The second kappa shape index (κ2) is 9.53. The molecule has 1 amide bonds. The molecule has 118 valence electrons. The molecule has 1 unspecified atom stereocenters. The van der Waals surface area contributed by atoms with Crippen LogP contribution in [0.1, 0.15) is 38.3 Å². The summed E-state index contributed by atoms with van der Waals surface area (Å²) in [6.45, 7) is 10.4. The molecule has 0 saturated heterocycles. The summed E-state index contributed by atoms with van der Waals surface area (Å²) in [6.07, 6.45) is 0.783. The third-order valence-electron chi connectivity index (χ3n) is 3.94. The Hall–Kier alpha value is -1.39. The minimum absolute atomic E-state index is 0.0483. The fourth-order valence-corrected chi connectivity index (χ4v) is 2.26. The SMILES string of the molecule is CCC(CN)C(=O)NCc1ccc(CN(CC)CC)cc1. The minimum Gasteiger partial charge on any atom is -0.352 e. The van der Waals surface area contributed by atoms with Crippen molar-refractivity contribution in [2.45, 2.75) is 40.3 Å². The van der Waals surface area contributed by atoms with Crippen LogP contribution in [0.4, 0.5) is 0 Å². The topological polar surface area (TPSA) is 58.4 Å². The van der Waals surface area contributed by atoms with Gasteiger partial charge in [-0.3, -0.25) is 9.69 Å². The predicted molar refractivity (Wildman–Crippen MR) is 87.7 cm³/mol. The van der Waals surface area contributed by atoms with Crippen molar-refractivity contribution in [2.24, 2.45) is 11.7 Å². The molecule has 0 spiro atoms. The third-order valence-corrected chi connectivity index (χ3v) is 3.94. The highest BCUT2D eigenvalue weighted by Crippen LogP contribution is 2.08. The standard InChI is InChI=1S/C17H29N3O/c1-4-16(11-18)17(21)19-12-14-7-9-15(10-8-14)13-20(5-2)6-3/h7-10,16H,4-6,11-13,18H2,1-3H3,(H,19,21). The molecule has 21 heavy (non-hydrogen) atoms. The van der Waals surface area contributed by atoms with Gasteiger partial charge in [0.25, 0.3) is 0 Å². The van der Waals surface area contributed by atoms with E-state index < -0.39 is 0 Å². The average molecular weight is 291 g/mol. The normalized spacial score (nSPS) is 12.4. The number of hydrogen-bond donors (Lipinski definition) is 2. The Bertz CT molecular complexity index is 409. The van der Waals surface area contributed by atoms with Gasteiger partial charge in [-0.15, -0.1) is 0 Å². The quantitative estimate of drug-likeness (QED) is 0.733. The van der Waals surface area contributed by atoms with Crippen molar-refractivity contribution in [2.75, 3.05) is 19.6 Å². The zero-order valence-corrected chi connectivity index (χ0v) is 13.6. The molecule has 4 heteroatoms. The molecule has 0 bridgehead atoms. The molecule has 0 aliphatic carbocycles. The van der Waals surface area contributed by atoms with Crippen molar-refractivity contribution >= 4 is 5.91 Å². The lowest BCUT2D eigenvalue weighted by atomic mass is 10.1. The van der Waals surface area contributed by atoms with Gasteiger partial charge in [0.05, 0.1) is 0 Å². The molecule has 0 heterocycles.